The molecule has 0 aliphatic carbocycles. The number of rotatable bonds is 3. The average Bonchev–Trinajstić information content (AvgIpc) is 3.36. The molecule has 5 rings (SSSR count). The van der Waals surface area contributed by atoms with Gasteiger partial charge in [0.15, 0.2) is 5.69 Å². The first-order valence-electron chi connectivity index (χ1n) is 8.44. The first-order chi connectivity index (χ1) is 13.3. The van der Waals surface area contributed by atoms with E-state index >= 15 is 0 Å². The fraction of sp³-hybridized carbons (Fsp3) is 0.158. The molecule has 4 heterocycles. The van der Waals surface area contributed by atoms with E-state index < -0.39 is 0 Å². The molecule has 134 valence electrons. The van der Waals surface area contributed by atoms with Gasteiger partial charge in [-0.15, -0.1) is 0 Å². The van der Waals surface area contributed by atoms with Crippen molar-refractivity contribution in [3.8, 4) is 23.0 Å². The van der Waals surface area contributed by atoms with E-state index in [0.29, 0.717) is 30.6 Å². The lowest BCUT2D eigenvalue weighted by Gasteiger charge is -2.24. The minimum Gasteiger partial charge on any atom is -0.365 e. The fourth-order valence-electron chi connectivity index (χ4n) is 3.05. The Morgan fingerprint density at radius 2 is 2.04 bits per heavy atom. The minimum atomic E-state index is -0.0352. The molecule has 1 atom stereocenters. The topological polar surface area (TPSA) is 78.9 Å². The van der Waals surface area contributed by atoms with E-state index in [0.717, 1.165) is 21.3 Å². The summed E-state index contributed by atoms with van der Waals surface area (Å²) in [6.45, 7) is 1.12. The SMILES string of the molecule is Brc1ccc(C2Cn3nc(-c4nc(-c5cccnc5)no4)cc3CO2)cc1. The second kappa shape index (κ2) is 6.71. The normalized spacial score (nSPS) is 16.3. The number of nitrogens with zero attached hydrogens (tertiary/aromatic N) is 5. The molecule has 0 amide bonds. The first kappa shape index (κ1) is 16.3. The highest BCUT2D eigenvalue weighted by Crippen LogP contribution is 2.29. The third-order valence-electron chi connectivity index (χ3n) is 4.44. The van der Waals surface area contributed by atoms with Crippen LogP contribution in [0.4, 0.5) is 0 Å². The highest BCUT2D eigenvalue weighted by Gasteiger charge is 2.24. The Kier molecular flexibility index (Phi) is 4.06. The third kappa shape index (κ3) is 3.17. The molecule has 0 radical (unpaired) electrons. The summed E-state index contributed by atoms with van der Waals surface area (Å²) in [6.07, 6.45) is 3.37. The van der Waals surface area contributed by atoms with Gasteiger partial charge in [-0.3, -0.25) is 9.67 Å². The summed E-state index contributed by atoms with van der Waals surface area (Å²) in [6, 6.07) is 13.8. The smallest absolute Gasteiger partial charge is 0.278 e. The van der Waals surface area contributed by atoms with Crippen molar-refractivity contribution in [1.82, 2.24) is 24.9 Å². The lowest BCUT2D eigenvalue weighted by Crippen LogP contribution is -2.21. The number of fused-ring (bicyclic) bond motifs is 1. The quantitative estimate of drug-likeness (QED) is 0.494. The summed E-state index contributed by atoms with van der Waals surface area (Å²) < 4.78 is 14.4. The van der Waals surface area contributed by atoms with Crippen molar-refractivity contribution >= 4 is 15.9 Å². The Morgan fingerprint density at radius 3 is 2.85 bits per heavy atom. The molecule has 0 saturated carbocycles. The van der Waals surface area contributed by atoms with Crippen LogP contribution in [0, 0.1) is 0 Å². The van der Waals surface area contributed by atoms with E-state index in [9.17, 15) is 0 Å². The molecular formula is C19H14BrN5O2. The van der Waals surface area contributed by atoms with Crippen molar-refractivity contribution in [3.05, 3.63) is 70.6 Å². The molecule has 27 heavy (non-hydrogen) atoms. The number of benzene rings is 1. The molecule has 0 N–H and O–H groups in total. The van der Waals surface area contributed by atoms with Gasteiger partial charge in [-0.2, -0.15) is 10.1 Å². The van der Waals surface area contributed by atoms with Crippen LogP contribution in [0.15, 0.2) is 63.9 Å². The van der Waals surface area contributed by atoms with Crippen molar-refractivity contribution in [3.63, 3.8) is 0 Å². The van der Waals surface area contributed by atoms with Gasteiger partial charge in [0, 0.05) is 22.4 Å². The zero-order valence-electron chi connectivity index (χ0n) is 14.1. The summed E-state index contributed by atoms with van der Waals surface area (Å²) in [5.41, 5.74) is 3.56. The van der Waals surface area contributed by atoms with Crippen LogP contribution >= 0.6 is 15.9 Å². The molecule has 1 aliphatic rings. The average molecular weight is 424 g/mol. The van der Waals surface area contributed by atoms with Gasteiger partial charge in [0.2, 0.25) is 5.82 Å². The lowest BCUT2D eigenvalue weighted by molar-refractivity contribution is -0.00113. The Morgan fingerprint density at radius 1 is 1.15 bits per heavy atom. The van der Waals surface area contributed by atoms with Gasteiger partial charge in [0.25, 0.3) is 5.89 Å². The molecule has 4 aromatic rings. The minimum absolute atomic E-state index is 0.0352. The van der Waals surface area contributed by atoms with E-state index in [1.165, 1.54) is 0 Å². The lowest BCUT2D eigenvalue weighted by atomic mass is 10.1. The highest BCUT2D eigenvalue weighted by atomic mass is 79.9. The number of hydrogen-bond donors (Lipinski definition) is 0. The maximum absolute atomic E-state index is 6.00. The predicted octanol–water partition coefficient (Wildman–Crippen LogP) is 4.03. The zero-order valence-corrected chi connectivity index (χ0v) is 15.7. The molecule has 0 saturated heterocycles. The predicted molar refractivity (Wildman–Crippen MR) is 100 cm³/mol. The van der Waals surface area contributed by atoms with Gasteiger partial charge in [0.1, 0.15) is 6.10 Å². The fourth-order valence-corrected chi connectivity index (χ4v) is 3.31. The van der Waals surface area contributed by atoms with Crippen molar-refractivity contribution in [2.45, 2.75) is 19.3 Å². The molecule has 0 spiro atoms. The van der Waals surface area contributed by atoms with Crippen LogP contribution in [-0.2, 0) is 17.9 Å². The van der Waals surface area contributed by atoms with Gasteiger partial charge >= 0.3 is 0 Å². The number of aromatic nitrogens is 5. The number of pyridine rings is 1. The monoisotopic (exact) mass is 423 g/mol. The van der Waals surface area contributed by atoms with E-state index in [4.69, 9.17) is 9.26 Å². The van der Waals surface area contributed by atoms with Crippen LogP contribution in [0.1, 0.15) is 17.4 Å². The van der Waals surface area contributed by atoms with E-state index in [2.05, 4.69) is 48.3 Å². The Labute approximate surface area is 163 Å². The summed E-state index contributed by atoms with van der Waals surface area (Å²) in [7, 11) is 0. The zero-order chi connectivity index (χ0) is 18.2. The maximum atomic E-state index is 6.00. The van der Waals surface area contributed by atoms with Crippen LogP contribution in [-0.4, -0.2) is 24.9 Å². The molecule has 0 fully saturated rings. The standard InChI is InChI=1S/C19H14BrN5O2/c20-14-5-3-12(4-6-14)17-10-25-15(11-26-17)8-16(23-25)19-22-18(24-27-19)13-2-1-7-21-9-13/h1-9,17H,10-11H2. The van der Waals surface area contributed by atoms with Crippen LogP contribution in [0.5, 0.6) is 0 Å². The number of hydrogen-bond acceptors (Lipinski definition) is 6. The molecule has 1 unspecified atom stereocenters. The number of ether oxygens (including phenoxy) is 1. The molecule has 3 aromatic heterocycles. The second-order valence-electron chi connectivity index (χ2n) is 6.22. The molecule has 8 heteroatoms. The third-order valence-corrected chi connectivity index (χ3v) is 4.97. The second-order valence-corrected chi connectivity index (χ2v) is 7.13. The molecule has 7 nitrogen and oxygen atoms in total. The molecule has 1 aliphatic heterocycles. The van der Waals surface area contributed by atoms with Gasteiger partial charge in [-0.05, 0) is 35.9 Å². The van der Waals surface area contributed by atoms with E-state index in [1.54, 1.807) is 12.4 Å². The summed E-state index contributed by atoms with van der Waals surface area (Å²) >= 11 is 3.46. The van der Waals surface area contributed by atoms with Crippen molar-refractivity contribution < 1.29 is 9.26 Å². The summed E-state index contributed by atoms with van der Waals surface area (Å²) in [5.74, 6) is 0.879. The summed E-state index contributed by atoms with van der Waals surface area (Å²) in [5, 5.41) is 8.67. The van der Waals surface area contributed by atoms with E-state index in [1.807, 2.05) is 35.0 Å². The first-order valence-corrected chi connectivity index (χ1v) is 9.24. The summed E-state index contributed by atoms with van der Waals surface area (Å²) in [4.78, 5) is 8.52. The van der Waals surface area contributed by atoms with Gasteiger partial charge in [0.05, 0.1) is 18.8 Å². The Bertz CT molecular complexity index is 1080. The van der Waals surface area contributed by atoms with E-state index in [-0.39, 0.29) is 6.10 Å². The van der Waals surface area contributed by atoms with Crippen molar-refractivity contribution in [1.29, 1.82) is 0 Å². The van der Waals surface area contributed by atoms with Gasteiger partial charge in [-0.1, -0.05) is 33.2 Å². The van der Waals surface area contributed by atoms with Crippen LogP contribution in [0.25, 0.3) is 23.0 Å². The van der Waals surface area contributed by atoms with Gasteiger partial charge in [-0.25, -0.2) is 0 Å². The van der Waals surface area contributed by atoms with Crippen LogP contribution in [0.2, 0.25) is 0 Å². The largest absolute Gasteiger partial charge is 0.365 e. The highest BCUT2D eigenvalue weighted by molar-refractivity contribution is 9.10. The van der Waals surface area contributed by atoms with Gasteiger partial charge < -0.3 is 9.26 Å². The van der Waals surface area contributed by atoms with Crippen molar-refractivity contribution in [2.75, 3.05) is 0 Å². The van der Waals surface area contributed by atoms with Crippen molar-refractivity contribution in [2.24, 2.45) is 0 Å². The molecule has 0 bridgehead atoms. The maximum Gasteiger partial charge on any atom is 0.278 e. The van der Waals surface area contributed by atoms with Crippen LogP contribution < -0.4 is 0 Å². The van der Waals surface area contributed by atoms with Crippen LogP contribution in [0.3, 0.4) is 0 Å². The molecule has 1 aromatic carbocycles. The Hall–Kier alpha value is -2.84. The molecular weight excluding hydrogens is 410 g/mol. The number of halogens is 1. The Balaban J connectivity index is 1.40.